The summed E-state index contributed by atoms with van der Waals surface area (Å²) in [5.41, 5.74) is 2.78. The number of nitrogens with zero attached hydrogens (tertiary/aromatic N) is 8. The maximum atomic E-state index is 10.6. The molecular formula is C29H43BrN8O9S. The van der Waals surface area contributed by atoms with Gasteiger partial charge in [0.25, 0.3) is 5.69 Å². The highest BCUT2D eigenvalue weighted by atomic mass is 79.9. The van der Waals surface area contributed by atoms with Crippen LogP contribution in [0.5, 0.6) is 0 Å². The topological polar surface area (TPSA) is 221 Å². The number of hydrogen-bond acceptors (Lipinski definition) is 12. The number of hydrogen-bond donors (Lipinski definition) is 0. The molecule has 0 fully saturated rings. The van der Waals surface area contributed by atoms with E-state index in [1.807, 2.05) is 53.8 Å². The van der Waals surface area contributed by atoms with Gasteiger partial charge in [-0.1, -0.05) is 65.9 Å². The van der Waals surface area contributed by atoms with Crippen molar-refractivity contribution in [2.24, 2.45) is 14.1 Å². The Kier molecular flexibility index (Phi) is 17.5. The second kappa shape index (κ2) is 19.3. The summed E-state index contributed by atoms with van der Waals surface area (Å²) >= 11 is 4.63. The van der Waals surface area contributed by atoms with Crippen molar-refractivity contribution >= 4 is 50.7 Å². The molecule has 4 heterocycles. The van der Waals surface area contributed by atoms with Crippen LogP contribution in [0.2, 0.25) is 0 Å². The molecule has 0 spiro atoms. The van der Waals surface area contributed by atoms with Crippen molar-refractivity contribution in [1.82, 2.24) is 19.1 Å². The van der Waals surface area contributed by atoms with Gasteiger partial charge in [-0.25, -0.2) is 9.13 Å². The van der Waals surface area contributed by atoms with E-state index in [2.05, 4.69) is 25.9 Å². The summed E-state index contributed by atoms with van der Waals surface area (Å²) in [5.74, 6) is 0.937. The van der Waals surface area contributed by atoms with Crippen molar-refractivity contribution in [2.75, 3.05) is 0 Å². The molecular weight excluding hydrogens is 716 g/mol. The van der Waals surface area contributed by atoms with Crippen molar-refractivity contribution in [3.63, 3.8) is 0 Å². The van der Waals surface area contributed by atoms with E-state index in [1.165, 1.54) is 26.5 Å². The highest BCUT2D eigenvalue weighted by Crippen LogP contribution is 2.35. The molecule has 0 bridgehead atoms. The van der Waals surface area contributed by atoms with Gasteiger partial charge in [-0.15, -0.1) is 11.3 Å². The van der Waals surface area contributed by atoms with Crippen LogP contribution in [0.3, 0.4) is 0 Å². The summed E-state index contributed by atoms with van der Waals surface area (Å²) in [4.78, 5) is 48.1. The van der Waals surface area contributed by atoms with Gasteiger partial charge in [0.2, 0.25) is 4.60 Å². The summed E-state index contributed by atoms with van der Waals surface area (Å²) in [7, 11) is 3.29. The third-order valence-corrected chi connectivity index (χ3v) is 8.46. The smallest absolute Gasteiger partial charge is 0.406 e. The SMILES string of the molecule is C.CC(C)c1ccc([N+](=O)[O-])o1.CC(C)c1cnc([N+](=O)[O-])n1C.CCc1c(Br)nc([N+](=O)[O-])n1C.Cc1csc(C(C)C)c1[N+](=O)[O-]. The number of rotatable bonds is 8. The molecule has 0 unspecified atom stereocenters. The first-order chi connectivity index (χ1) is 21.8. The lowest BCUT2D eigenvalue weighted by molar-refractivity contribution is -0.402. The summed E-state index contributed by atoms with van der Waals surface area (Å²) in [6, 6.07) is 3.00. The zero-order valence-electron chi connectivity index (χ0n) is 27.8. The van der Waals surface area contributed by atoms with Gasteiger partial charge in [0, 0.05) is 29.2 Å². The fourth-order valence-electron chi connectivity index (χ4n) is 4.00. The minimum absolute atomic E-state index is 0. The van der Waals surface area contributed by atoms with E-state index in [4.69, 9.17) is 4.42 Å². The van der Waals surface area contributed by atoms with Crippen LogP contribution in [0.15, 0.2) is 32.7 Å². The standard InChI is InChI=1S/C8H11NO2S.C7H11N3O2.C7H9NO3.C6H8BrN3O2.CH4/c1-5(2)8-7(9(10)11)6(3)4-12-8;1-5(2)6-4-8-7(9(6)3)10(11)12;1-5(2)6-3-4-7(11-6)8(9)10;1-3-4-5(7)8-6(9(4)2)10(11)12;/h2*4-5H,1-3H3;3-5H,1-2H3;3H2,1-2H3;1H4. The molecule has 0 aliphatic heterocycles. The first-order valence-electron chi connectivity index (χ1n) is 14.2. The third-order valence-electron chi connectivity index (χ3n) is 6.43. The Morgan fingerprint density at radius 2 is 1.42 bits per heavy atom. The van der Waals surface area contributed by atoms with Crippen LogP contribution in [0.25, 0.3) is 0 Å². The molecule has 17 nitrogen and oxygen atoms in total. The fraction of sp³-hybridized carbons (Fsp3) is 0.517. The second-order valence-electron chi connectivity index (χ2n) is 10.9. The Morgan fingerprint density at radius 3 is 1.69 bits per heavy atom. The molecule has 0 N–H and O–H groups in total. The molecule has 48 heavy (non-hydrogen) atoms. The van der Waals surface area contributed by atoms with E-state index in [9.17, 15) is 40.5 Å². The largest absolute Gasteiger partial charge is 0.435 e. The lowest BCUT2D eigenvalue weighted by Gasteiger charge is -2.01. The summed E-state index contributed by atoms with van der Waals surface area (Å²) < 4.78 is 8.44. The van der Waals surface area contributed by atoms with E-state index in [0.717, 1.165) is 28.2 Å². The monoisotopic (exact) mass is 758 g/mol. The van der Waals surface area contributed by atoms with E-state index >= 15 is 0 Å². The molecule has 0 aromatic carbocycles. The Morgan fingerprint density at radius 1 is 0.854 bits per heavy atom. The molecule has 19 heteroatoms. The predicted molar refractivity (Wildman–Crippen MR) is 187 cm³/mol. The summed E-state index contributed by atoms with van der Waals surface area (Å²) in [6.07, 6.45) is 2.26. The van der Waals surface area contributed by atoms with Gasteiger partial charge in [-0.2, -0.15) is 0 Å². The summed E-state index contributed by atoms with van der Waals surface area (Å²) in [5, 5.41) is 43.4. The molecule has 4 aromatic rings. The van der Waals surface area contributed by atoms with E-state index < -0.39 is 14.8 Å². The number of halogens is 1. The normalized spacial score (nSPS) is 10.3. The zero-order valence-corrected chi connectivity index (χ0v) is 30.2. The van der Waals surface area contributed by atoms with Crippen LogP contribution in [0.4, 0.5) is 23.5 Å². The lowest BCUT2D eigenvalue weighted by Crippen LogP contribution is -2.02. The number of aryl methyl sites for hydroxylation is 1. The maximum absolute atomic E-state index is 10.6. The van der Waals surface area contributed by atoms with Crippen molar-refractivity contribution in [3.05, 3.63) is 96.4 Å². The first kappa shape index (κ1) is 43.5. The van der Waals surface area contributed by atoms with Crippen LogP contribution in [-0.2, 0) is 20.5 Å². The molecule has 0 aliphatic carbocycles. The molecule has 266 valence electrons. The summed E-state index contributed by atoms with van der Waals surface area (Å²) in [6.45, 7) is 15.4. The number of furan rings is 1. The second-order valence-corrected chi connectivity index (χ2v) is 12.6. The van der Waals surface area contributed by atoms with E-state index in [-0.39, 0.29) is 47.9 Å². The van der Waals surface area contributed by atoms with Crippen molar-refractivity contribution < 1.29 is 24.1 Å². The van der Waals surface area contributed by atoms with E-state index in [1.54, 1.807) is 33.3 Å². The Bertz CT molecular complexity index is 1690. The van der Waals surface area contributed by atoms with Crippen LogP contribution < -0.4 is 0 Å². The first-order valence-corrected chi connectivity index (χ1v) is 15.9. The average Bonchev–Trinajstić information content (AvgIpc) is 3.75. The van der Waals surface area contributed by atoms with Gasteiger partial charge in [0.15, 0.2) is 0 Å². The van der Waals surface area contributed by atoms with Gasteiger partial charge in [-0.05, 0) is 44.7 Å². The van der Waals surface area contributed by atoms with E-state index in [0.29, 0.717) is 16.1 Å². The predicted octanol–water partition coefficient (Wildman–Crippen LogP) is 9.14. The average molecular weight is 760 g/mol. The molecule has 0 saturated carbocycles. The quantitative estimate of drug-likeness (QED) is 0.122. The molecule has 0 radical (unpaired) electrons. The van der Waals surface area contributed by atoms with Gasteiger partial charge >= 0.3 is 17.8 Å². The van der Waals surface area contributed by atoms with Gasteiger partial charge in [0.05, 0.1) is 30.0 Å². The zero-order chi connectivity index (χ0) is 36.3. The van der Waals surface area contributed by atoms with Crippen molar-refractivity contribution in [2.45, 2.75) is 87.0 Å². The molecule has 4 aromatic heterocycles. The van der Waals surface area contributed by atoms with Crippen LogP contribution in [0, 0.1) is 47.4 Å². The lowest BCUT2D eigenvalue weighted by atomic mass is 10.1. The molecule has 0 aliphatic rings. The fourth-order valence-corrected chi connectivity index (χ4v) is 5.74. The molecule has 0 saturated heterocycles. The molecule has 0 atom stereocenters. The third kappa shape index (κ3) is 11.6. The van der Waals surface area contributed by atoms with Crippen molar-refractivity contribution in [1.29, 1.82) is 0 Å². The minimum atomic E-state index is -0.536. The van der Waals surface area contributed by atoms with Crippen LogP contribution in [0.1, 0.15) is 101 Å². The van der Waals surface area contributed by atoms with Crippen LogP contribution >= 0.6 is 27.3 Å². The highest BCUT2D eigenvalue weighted by molar-refractivity contribution is 9.10. The maximum Gasteiger partial charge on any atom is 0.435 e. The van der Waals surface area contributed by atoms with Gasteiger partial charge in [-0.3, -0.25) is 20.2 Å². The molecule has 0 amide bonds. The van der Waals surface area contributed by atoms with Gasteiger partial charge in [0.1, 0.15) is 28.3 Å². The minimum Gasteiger partial charge on any atom is -0.406 e. The van der Waals surface area contributed by atoms with Crippen LogP contribution in [-0.4, -0.2) is 38.8 Å². The van der Waals surface area contributed by atoms with Crippen molar-refractivity contribution in [3.8, 4) is 0 Å². The van der Waals surface area contributed by atoms with Gasteiger partial charge < -0.3 is 24.6 Å². The Hall–Kier alpha value is -4.52. The number of imidazole rings is 2. The Balaban J connectivity index is 0.000000610. The highest BCUT2D eigenvalue weighted by Gasteiger charge is 2.22. The number of nitro groups is 4. The molecule has 4 rings (SSSR count). The Labute approximate surface area is 290 Å². The number of aromatic nitrogens is 4. The number of thiophene rings is 1.